The standard InChI is InChI=1S/C10H6F3N3O/c11-10(12,13)7-2-1-3-8-6(7)4-17-9(16-8)15-5-14/h1-3H,4H2,(H,15,16). The summed E-state index contributed by atoms with van der Waals surface area (Å²) in [5.41, 5.74) is -0.637. The number of benzene rings is 1. The molecule has 1 aliphatic heterocycles. The molecule has 0 saturated heterocycles. The van der Waals surface area contributed by atoms with Crippen molar-refractivity contribution in [2.75, 3.05) is 0 Å². The Morgan fingerprint density at radius 1 is 1.41 bits per heavy atom. The van der Waals surface area contributed by atoms with Gasteiger partial charge >= 0.3 is 12.2 Å². The fourth-order valence-corrected chi connectivity index (χ4v) is 1.49. The molecule has 0 spiro atoms. The summed E-state index contributed by atoms with van der Waals surface area (Å²) < 4.78 is 42.8. The van der Waals surface area contributed by atoms with Gasteiger partial charge in [-0.2, -0.15) is 23.4 Å². The third-order valence-electron chi connectivity index (χ3n) is 2.19. The van der Waals surface area contributed by atoms with Crippen LogP contribution in [0.15, 0.2) is 23.2 Å². The molecule has 0 aliphatic carbocycles. The van der Waals surface area contributed by atoms with Crippen molar-refractivity contribution in [1.29, 1.82) is 5.26 Å². The highest BCUT2D eigenvalue weighted by Gasteiger charge is 2.35. The van der Waals surface area contributed by atoms with E-state index < -0.39 is 11.7 Å². The van der Waals surface area contributed by atoms with Crippen LogP contribution in [0.25, 0.3) is 0 Å². The summed E-state index contributed by atoms with van der Waals surface area (Å²) >= 11 is 0. The Balaban J connectivity index is 2.47. The first kappa shape index (κ1) is 11.3. The van der Waals surface area contributed by atoms with Crippen LogP contribution in [0.2, 0.25) is 0 Å². The highest BCUT2D eigenvalue weighted by atomic mass is 19.4. The zero-order chi connectivity index (χ0) is 12.5. The number of aliphatic imine (C=N–C) groups is 1. The van der Waals surface area contributed by atoms with Crippen LogP contribution in [-0.2, 0) is 17.5 Å². The van der Waals surface area contributed by atoms with Gasteiger partial charge < -0.3 is 4.74 Å². The van der Waals surface area contributed by atoms with Crippen molar-refractivity contribution in [3.05, 3.63) is 29.3 Å². The molecule has 1 aromatic rings. The van der Waals surface area contributed by atoms with E-state index in [1.54, 1.807) is 6.19 Å². The third kappa shape index (κ3) is 2.15. The average molecular weight is 241 g/mol. The second-order valence-corrected chi connectivity index (χ2v) is 3.24. The number of rotatable bonds is 0. The maximum absolute atomic E-state index is 12.6. The number of alkyl halides is 3. The normalized spacial score (nSPS) is 14.1. The topological polar surface area (TPSA) is 57.4 Å². The fourth-order valence-electron chi connectivity index (χ4n) is 1.49. The van der Waals surface area contributed by atoms with Gasteiger partial charge in [-0.1, -0.05) is 6.07 Å². The van der Waals surface area contributed by atoms with E-state index in [0.717, 1.165) is 6.07 Å². The van der Waals surface area contributed by atoms with Crippen LogP contribution in [-0.4, -0.2) is 6.02 Å². The van der Waals surface area contributed by atoms with E-state index in [-0.39, 0.29) is 23.9 Å². The first-order valence-corrected chi connectivity index (χ1v) is 4.58. The van der Waals surface area contributed by atoms with Crippen molar-refractivity contribution in [3.63, 3.8) is 0 Å². The van der Waals surface area contributed by atoms with E-state index in [1.165, 1.54) is 12.1 Å². The minimum Gasteiger partial charge on any atom is -0.459 e. The van der Waals surface area contributed by atoms with Gasteiger partial charge in [-0.25, -0.2) is 5.32 Å². The summed E-state index contributed by atoms with van der Waals surface area (Å²) in [6.07, 6.45) is -2.86. The van der Waals surface area contributed by atoms with Gasteiger partial charge in [-0.3, -0.25) is 0 Å². The predicted octanol–water partition coefficient (Wildman–Crippen LogP) is 2.29. The molecule has 0 radical (unpaired) electrons. The lowest BCUT2D eigenvalue weighted by Crippen LogP contribution is -2.24. The molecule has 0 unspecified atom stereocenters. The van der Waals surface area contributed by atoms with E-state index in [4.69, 9.17) is 10.00 Å². The number of nitriles is 1. The van der Waals surface area contributed by atoms with Crippen molar-refractivity contribution >= 4 is 11.7 Å². The molecular formula is C10H6F3N3O. The molecule has 0 aromatic heterocycles. The first-order chi connectivity index (χ1) is 8.02. The summed E-state index contributed by atoms with van der Waals surface area (Å²) in [5.74, 6) is 0. The Morgan fingerprint density at radius 2 is 2.18 bits per heavy atom. The second-order valence-electron chi connectivity index (χ2n) is 3.24. The minimum atomic E-state index is -4.44. The number of nitrogens with one attached hydrogen (secondary N) is 1. The monoisotopic (exact) mass is 241 g/mol. The van der Waals surface area contributed by atoms with E-state index in [9.17, 15) is 13.2 Å². The third-order valence-corrected chi connectivity index (χ3v) is 2.19. The molecular weight excluding hydrogens is 235 g/mol. The van der Waals surface area contributed by atoms with E-state index in [1.807, 2.05) is 0 Å². The molecule has 1 N–H and O–H groups in total. The fraction of sp³-hybridized carbons (Fsp3) is 0.200. The van der Waals surface area contributed by atoms with Crippen molar-refractivity contribution in [1.82, 2.24) is 5.32 Å². The summed E-state index contributed by atoms with van der Waals surface area (Å²) in [6, 6.07) is 3.58. The maximum atomic E-state index is 12.6. The van der Waals surface area contributed by atoms with Gasteiger partial charge in [0.15, 0.2) is 6.19 Å². The zero-order valence-electron chi connectivity index (χ0n) is 8.38. The molecule has 0 saturated carbocycles. The zero-order valence-corrected chi connectivity index (χ0v) is 8.38. The largest absolute Gasteiger partial charge is 0.459 e. The lowest BCUT2D eigenvalue weighted by atomic mass is 10.1. The van der Waals surface area contributed by atoms with Crippen molar-refractivity contribution in [2.45, 2.75) is 12.8 Å². The summed E-state index contributed by atoms with van der Waals surface area (Å²) in [6.45, 7) is -0.265. The Bertz CT molecular complexity index is 517. The Kier molecular flexibility index (Phi) is 2.63. The van der Waals surface area contributed by atoms with Crippen LogP contribution in [0.5, 0.6) is 0 Å². The minimum absolute atomic E-state index is 0.0245. The second kappa shape index (κ2) is 3.97. The SMILES string of the molecule is N#CNC1=Nc2cccc(C(F)(F)F)c2CO1. The van der Waals surface area contributed by atoms with Crippen LogP contribution in [0.3, 0.4) is 0 Å². The molecule has 88 valence electrons. The number of fused-ring (bicyclic) bond motifs is 1. The Morgan fingerprint density at radius 3 is 2.82 bits per heavy atom. The van der Waals surface area contributed by atoms with Gasteiger partial charge in [0.2, 0.25) is 0 Å². The van der Waals surface area contributed by atoms with Crippen molar-refractivity contribution < 1.29 is 17.9 Å². The molecule has 0 bridgehead atoms. The number of hydrogen-bond donors (Lipinski definition) is 1. The van der Waals surface area contributed by atoms with Gasteiger partial charge in [-0.05, 0) is 12.1 Å². The van der Waals surface area contributed by atoms with Crippen molar-refractivity contribution in [3.8, 4) is 6.19 Å². The van der Waals surface area contributed by atoms with Crippen LogP contribution < -0.4 is 5.32 Å². The van der Waals surface area contributed by atoms with Crippen LogP contribution in [0.4, 0.5) is 18.9 Å². The molecule has 1 aliphatic rings. The molecule has 4 nitrogen and oxygen atoms in total. The number of amidine groups is 1. The molecule has 7 heteroatoms. The maximum Gasteiger partial charge on any atom is 0.416 e. The highest BCUT2D eigenvalue weighted by Crippen LogP contribution is 2.37. The van der Waals surface area contributed by atoms with Crippen molar-refractivity contribution in [2.24, 2.45) is 4.99 Å². The molecule has 1 heterocycles. The Labute approximate surface area is 94.3 Å². The van der Waals surface area contributed by atoms with Gasteiger partial charge in [0.05, 0.1) is 11.3 Å². The van der Waals surface area contributed by atoms with Gasteiger partial charge in [-0.15, -0.1) is 0 Å². The van der Waals surface area contributed by atoms with Gasteiger partial charge in [0.1, 0.15) is 6.61 Å². The smallest absolute Gasteiger partial charge is 0.416 e. The van der Waals surface area contributed by atoms with Gasteiger partial charge in [0, 0.05) is 5.56 Å². The van der Waals surface area contributed by atoms with E-state index >= 15 is 0 Å². The summed E-state index contributed by atoms with van der Waals surface area (Å²) in [5, 5.41) is 10.5. The Hall–Kier alpha value is -2.23. The van der Waals surface area contributed by atoms with Crippen LogP contribution >= 0.6 is 0 Å². The summed E-state index contributed by atoms with van der Waals surface area (Å²) in [7, 11) is 0. The number of nitrogens with zero attached hydrogens (tertiary/aromatic N) is 2. The molecule has 2 rings (SSSR count). The predicted molar refractivity (Wildman–Crippen MR) is 52.1 cm³/mol. The van der Waals surface area contributed by atoms with Gasteiger partial charge in [0.25, 0.3) is 0 Å². The lowest BCUT2D eigenvalue weighted by molar-refractivity contribution is -0.138. The molecule has 0 fully saturated rings. The molecule has 1 aromatic carbocycles. The average Bonchev–Trinajstić information content (AvgIpc) is 2.27. The lowest BCUT2D eigenvalue weighted by Gasteiger charge is -2.19. The number of ether oxygens (including phenoxy) is 1. The number of halogens is 3. The quantitative estimate of drug-likeness (QED) is 0.560. The van der Waals surface area contributed by atoms with E-state index in [0.29, 0.717) is 0 Å². The molecule has 0 amide bonds. The number of hydrogen-bond acceptors (Lipinski definition) is 4. The van der Waals surface area contributed by atoms with Crippen LogP contribution in [0.1, 0.15) is 11.1 Å². The van der Waals surface area contributed by atoms with Crippen LogP contribution in [0, 0.1) is 11.5 Å². The first-order valence-electron chi connectivity index (χ1n) is 4.58. The summed E-state index contributed by atoms with van der Waals surface area (Å²) in [4.78, 5) is 3.77. The molecule has 0 atom stereocenters. The molecule has 17 heavy (non-hydrogen) atoms. The highest BCUT2D eigenvalue weighted by molar-refractivity contribution is 5.80. The van der Waals surface area contributed by atoms with E-state index in [2.05, 4.69) is 10.3 Å².